The summed E-state index contributed by atoms with van der Waals surface area (Å²) in [6.07, 6.45) is 0.736. The van der Waals surface area contributed by atoms with E-state index >= 15 is 0 Å². The van der Waals surface area contributed by atoms with Gasteiger partial charge in [0, 0.05) is 5.69 Å². The summed E-state index contributed by atoms with van der Waals surface area (Å²) in [7, 11) is 0. The van der Waals surface area contributed by atoms with Gasteiger partial charge in [-0.3, -0.25) is 4.79 Å². The highest BCUT2D eigenvalue weighted by molar-refractivity contribution is 5.99. The van der Waals surface area contributed by atoms with Crippen LogP contribution in [0.15, 0.2) is 42.5 Å². The zero-order valence-electron chi connectivity index (χ0n) is 11.6. The highest BCUT2D eigenvalue weighted by Gasteiger charge is 2.31. The van der Waals surface area contributed by atoms with Crippen molar-refractivity contribution in [1.29, 1.82) is 0 Å². The first kappa shape index (κ1) is 13.4. The van der Waals surface area contributed by atoms with E-state index < -0.39 is 5.97 Å². The lowest BCUT2D eigenvalue weighted by atomic mass is 9.77. The SMILES string of the molecule is Cc1ccc(NC(=O)C2Cc3ccccc32)cc1C(=O)O. The molecule has 0 bridgehead atoms. The zero-order chi connectivity index (χ0) is 15.0. The Hall–Kier alpha value is -2.62. The van der Waals surface area contributed by atoms with Gasteiger partial charge in [0.15, 0.2) is 0 Å². The second-order valence-electron chi connectivity index (χ2n) is 5.28. The second kappa shape index (κ2) is 5.05. The standard InChI is InChI=1S/C17H15NO3/c1-10-6-7-12(9-14(10)17(20)21)18-16(19)15-8-11-4-2-3-5-13(11)15/h2-7,9,15H,8H2,1H3,(H,18,19)(H,20,21). The first-order chi connectivity index (χ1) is 10.1. The summed E-state index contributed by atoms with van der Waals surface area (Å²) >= 11 is 0. The van der Waals surface area contributed by atoms with E-state index in [2.05, 4.69) is 5.32 Å². The van der Waals surface area contributed by atoms with Gasteiger partial charge in [0.25, 0.3) is 0 Å². The van der Waals surface area contributed by atoms with Crippen LogP contribution >= 0.6 is 0 Å². The van der Waals surface area contributed by atoms with Crippen molar-refractivity contribution in [3.05, 3.63) is 64.7 Å². The van der Waals surface area contributed by atoms with Crippen molar-refractivity contribution in [3.8, 4) is 0 Å². The third-order valence-corrected chi connectivity index (χ3v) is 3.91. The number of amides is 1. The number of hydrogen-bond acceptors (Lipinski definition) is 2. The van der Waals surface area contributed by atoms with Crippen molar-refractivity contribution in [2.45, 2.75) is 19.3 Å². The van der Waals surface area contributed by atoms with Crippen LogP contribution < -0.4 is 5.32 Å². The molecule has 0 fully saturated rings. The number of rotatable bonds is 3. The molecule has 2 aromatic carbocycles. The average molecular weight is 281 g/mol. The minimum atomic E-state index is -0.988. The molecule has 4 heteroatoms. The number of aromatic carboxylic acids is 1. The van der Waals surface area contributed by atoms with E-state index in [-0.39, 0.29) is 17.4 Å². The van der Waals surface area contributed by atoms with Crippen molar-refractivity contribution >= 4 is 17.6 Å². The topological polar surface area (TPSA) is 66.4 Å². The molecule has 1 amide bonds. The van der Waals surface area contributed by atoms with Gasteiger partial charge in [0.05, 0.1) is 11.5 Å². The minimum absolute atomic E-state index is 0.0890. The molecule has 106 valence electrons. The Labute approximate surface area is 122 Å². The van der Waals surface area contributed by atoms with E-state index in [0.29, 0.717) is 11.3 Å². The monoisotopic (exact) mass is 281 g/mol. The third kappa shape index (κ3) is 2.40. The van der Waals surface area contributed by atoms with Crippen LogP contribution in [-0.2, 0) is 11.2 Å². The van der Waals surface area contributed by atoms with Crippen molar-refractivity contribution in [2.24, 2.45) is 0 Å². The maximum atomic E-state index is 12.3. The summed E-state index contributed by atoms with van der Waals surface area (Å²) in [5, 5.41) is 11.9. The fourth-order valence-electron chi connectivity index (χ4n) is 2.65. The molecule has 0 spiro atoms. The summed E-state index contributed by atoms with van der Waals surface area (Å²) in [6.45, 7) is 1.73. The van der Waals surface area contributed by atoms with Crippen molar-refractivity contribution in [2.75, 3.05) is 5.32 Å². The molecule has 0 aliphatic heterocycles. The van der Waals surface area contributed by atoms with Crippen molar-refractivity contribution in [3.63, 3.8) is 0 Å². The van der Waals surface area contributed by atoms with E-state index in [9.17, 15) is 9.59 Å². The number of aryl methyl sites for hydroxylation is 1. The lowest BCUT2D eigenvalue weighted by Crippen LogP contribution is -2.30. The number of hydrogen-bond donors (Lipinski definition) is 2. The molecule has 0 saturated carbocycles. The number of benzene rings is 2. The molecule has 0 saturated heterocycles. The van der Waals surface area contributed by atoms with E-state index in [1.807, 2.05) is 24.3 Å². The molecule has 2 aromatic rings. The number of carboxylic acid groups (broad SMARTS) is 1. The number of carboxylic acids is 1. The van der Waals surface area contributed by atoms with E-state index in [1.54, 1.807) is 19.1 Å². The molecule has 1 atom stereocenters. The number of fused-ring (bicyclic) bond motifs is 1. The second-order valence-corrected chi connectivity index (χ2v) is 5.28. The molecule has 1 aliphatic rings. The van der Waals surface area contributed by atoms with Crippen LogP contribution in [-0.4, -0.2) is 17.0 Å². The maximum Gasteiger partial charge on any atom is 0.336 e. The van der Waals surface area contributed by atoms with Gasteiger partial charge in [-0.25, -0.2) is 4.79 Å². The van der Waals surface area contributed by atoms with Gasteiger partial charge < -0.3 is 10.4 Å². The summed E-state index contributed by atoms with van der Waals surface area (Å²) < 4.78 is 0. The molecular weight excluding hydrogens is 266 g/mol. The smallest absolute Gasteiger partial charge is 0.336 e. The van der Waals surface area contributed by atoms with Gasteiger partial charge in [0.1, 0.15) is 0 Å². The van der Waals surface area contributed by atoms with E-state index in [4.69, 9.17) is 5.11 Å². The number of carbonyl (C=O) groups excluding carboxylic acids is 1. The molecule has 3 rings (SSSR count). The van der Waals surface area contributed by atoms with Crippen LogP contribution in [0, 0.1) is 6.92 Å². The predicted octanol–water partition coefficient (Wildman–Crippen LogP) is 2.97. The fraction of sp³-hybridized carbons (Fsp3) is 0.176. The van der Waals surface area contributed by atoms with Crippen molar-refractivity contribution < 1.29 is 14.7 Å². The first-order valence-corrected chi connectivity index (χ1v) is 6.79. The first-order valence-electron chi connectivity index (χ1n) is 6.79. The number of anilines is 1. The zero-order valence-corrected chi connectivity index (χ0v) is 11.6. The molecule has 0 heterocycles. The summed E-state index contributed by atoms with van der Waals surface area (Å²) in [5.41, 5.74) is 3.66. The van der Waals surface area contributed by atoms with Crippen LogP contribution in [0.4, 0.5) is 5.69 Å². The largest absolute Gasteiger partial charge is 0.478 e. The highest BCUT2D eigenvalue weighted by Crippen LogP contribution is 2.35. The molecule has 0 aromatic heterocycles. The lowest BCUT2D eigenvalue weighted by Gasteiger charge is -2.28. The Morgan fingerprint density at radius 3 is 2.67 bits per heavy atom. The lowest BCUT2D eigenvalue weighted by molar-refractivity contribution is -0.118. The van der Waals surface area contributed by atoms with Crippen molar-refractivity contribution in [1.82, 2.24) is 0 Å². The molecule has 4 nitrogen and oxygen atoms in total. The van der Waals surface area contributed by atoms with Crippen LogP contribution in [0.5, 0.6) is 0 Å². The summed E-state index contributed by atoms with van der Waals surface area (Å²) in [6, 6.07) is 12.8. The van der Waals surface area contributed by atoms with E-state index in [0.717, 1.165) is 12.0 Å². The van der Waals surface area contributed by atoms with Gasteiger partial charge in [-0.05, 0) is 42.2 Å². The maximum absolute atomic E-state index is 12.3. The van der Waals surface area contributed by atoms with E-state index in [1.165, 1.54) is 11.6 Å². The predicted molar refractivity (Wildman–Crippen MR) is 79.7 cm³/mol. The van der Waals surface area contributed by atoms with Gasteiger partial charge in [-0.2, -0.15) is 0 Å². The normalized spacial score (nSPS) is 15.8. The quantitative estimate of drug-likeness (QED) is 0.909. The van der Waals surface area contributed by atoms with Gasteiger partial charge in [-0.1, -0.05) is 30.3 Å². The molecule has 2 N–H and O–H groups in total. The summed E-state index contributed by atoms with van der Waals surface area (Å²) in [5.74, 6) is -1.22. The Kier molecular flexibility index (Phi) is 3.22. The van der Waals surface area contributed by atoms with Gasteiger partial charge in [0.2, 0.25) is 5.91 Å². The Morgan fingerprint density at radius 1 is 1.19 bits per heavy atom. The molecule has 0 radical (unpaired) electrons. The van der Waals surface area contributed by atoms with Gasteiger partial charge in [-0.15, -0.1) is 0 Å². The summed E-state index contributed by atoms with van der Waals surface area (Å²) in [4.78, 5) is 23.4. The Balaban J connectivity index is 1.78. The molecule has 21 heavy (non-hydrogen) atoms. The van der Waals surface area contributed by atoms with Crippen LogP contribution in [0.25, 0.3) is 0 Å². The fourth-order valence-corrected chi connectivity index (χ4v) is 2.65. The molecule has 1 unspecified atom stereocenters. The molecular formula is C17H15NO3. The van der Waals surface area contributed by atoms with Gasteiger partial charge >= 0.3 is 5.97 Å². The number of carbonyl (C=O) groups is 2. The third-order valence-electron chi connectivity index (χ3n) is 3.91. The Morgan fingerprint density at radius 2 is 1.95 bits per heavy atom. The Bertz CT molecular complexity index is 737. The molecule has 1 aliphatic carbocycles. The average Bonchev–Trinajstić information content (AvgIpc) is 2.42. The minimum Gasteiger partial charge on any atom is -0.478 e. The van der Waals surface area contributed by atoms with Crippen LogP contribution in [0.1, 0.15) is 33.0 Å². The highest BCUT2D eigenvalue weighted by atomic mass is 16.4. The number of nitrogens with one attached hydrogen (secondary N) is 1. The van der Waals surface area contributed by atoms with Crippen LogP contribution in [0.3, 0.4) is 0 Å². The van der Waals surface area contributed by atoms with Crippen LogP contribution in [0.2, 0.25) is 0 Å².